The van der Waals surface area contributed by atoms with E-state index in [1.807, 2.05) is 13.8 Å². The topological polar surface area (TPSA) is 102 Å². The number of ether oxygens (including phenoxy) is 3. The van der Waals surface area contributed by atoms with Gasteiger partial charge in [0.15, 0.2) is 0 Å². The lowest BCUT2D eigenvalue weighted by molar-refractivity contribution is -0.152. The first-order valence-electron chi connectivity index (χ1n) is 8.77. The maximum atomic E-state index is 12.3. The molecule has 2 heterocycles. The van der Waals surface area contributed by atoms with Gasteiger partial charge in [0.25, 0.3) is 6.29 Å². The van der Waals surface area contributed by atoms with Crippen LogP contribution in [-0.4, -0.2) is 46.8 Å². The fraction of sp³-hybridized carbons (Fsp3) is 0.579. The van der Waals surface area contributed by atoms with Gasteiger partial charge >= 0.3 is 11.9 Å². The van der Waals surface area contributed by atoms with E-state index in [-0.39, 0.29) is 5.57 Å². The highest BCUT2D eigenvalue weighted by atomic mass is 16.7. The molecule has 1 fully saturated rings. The third-order valence-electron chi connectivity index (χ3n) is 5.96. The van der Waals surface area contributed by atoms with E-state index in [2.05, 4.69) is 0 Å². The molecule has 2 aliphatic heterocycles. The van der Waals surface area contributed by atoms with Crippen molar-refractivity contribution in [2.45, 2.75) is 58.2 Å². The number of aliphatic hydroxyl groups excluding tert-OH is 2. The minimum Gasteiger partial charge on any atom is -0.458 e. The molecule has 7 heteroatoms. The van der Waals surface area contributed by atoms with Crippen LogP contribution < -0.4 is 0 Å². The number of carbonyl (C=O) groups excluding carboxylic acids is 2. The molecular weight excluding hydrogens is 340 g/mol. The van der Waals surface area contributed by atoms with Crippen molar-refractivity contribution in [2.24, 2.45) is 11.3 Å². The number of cyclic esters (lactones) is 1. The van der Waals surface area contributed by atoms with Gasteiger partial charge in [0, 0.05) is 17.1 Å². The highest BCUT2D eigenvalue weighted by Crippen LogP contribution is 2.54. The summed E-state index contributed by atoms with van der Waals surface area (Å²) in [4.78, 5) is 23.7. The predicted octanol–water partition coefficient (Wildman–Crippen LogP) is 1.11. The summed E-state index contributed by atoms with van der Waals surface area (Å²) in [6.07, 6.45) is 0.982. The predicted molar refractivity (Wildman–Crippen MR) is 88.2 cm³/mol. The molecule has 0 saturated carbocycles. The van der Waals surface area contributed by atoms with Gasteiger partial charge in [-0.25, -0.2) is 9.59 Å². The second-order valence-electron chi connectivity index (χ2n) is 7.84. The molecule has 0 spiro atoms. The Morgan fingerprint density at radius 2 is 1.96 bits per heavy atom. The maximum Gasteiger partial charge on any atom is 0.338 e. The van der Waals surface area contributed by atoms with Crippen LogP contribution in [0, 0.1) is 11.3 Å². The minimum absolute atomic E-state index is 0.219. The standard InChI is InChI=1S/C19H22O7/c1-8-6-12(25-17(8)22)24-7-10-13-15(21)9-4-5-11(20)19(2,3)14(9)16(13)26-18(10)23/h6-7,11-13,15-16,20-21H,4-5H2,1-3H3/b10-7+/t11-,12-,13-,15+,16-/m1/s1. The van der Waals surface area contributed by atoms with Crippen molar-refractivity contribution < 1.29 is 34.0 Å². The Balaban J connectivity index is 1.61. The Morgan fingerprint density at radius 1 is 1.23 bits per heavy atom. The van der Waals surface area contributed by atoms with Crippen LogP contribution in [0.2, 0.25) is 0 Å². The van der Waals surface area contributed by atoms with Crippen LogP contribution in [0.5, 0.6) is 0 Å². The smallest absolute Gasteiger partial charge is 0.338 e. The molecule has 4 rings (SSSR count). The number of esters is 2. The molecule has 0 amide bonds. The number of fused-ring (bicyclic) bond motifs is 2. The van der Waals surface area contributed by atoms with E-state index >= 15 is 0 Å². The van der Waals surface area contributed by atoms with E-state index in [1.165, 1.54) is 12.3 Å². The lowest BCUT2D eigenvalue weighted by Gasteiger charge is -2.38. The summed E-state index contributed by atoms with van der Waals surface area (Å²) < 4.78 is 16.0. The van der Waals surface area contributed by atoms with E-state index in [0.717, 1.165) is 11.1 Å². The number of rotatable bonds is 2. The second kappa shape index (κ2) is 5.69. The quantitative estimate of drug-likeness (QED) is 0.328. The van der Waals surface area contributed by atoms with Gasteiger partial charge in [-0.2, -0.15) is 0 Å². The van der Waals surface area contributed by atoms with Crippen molar-refractivity contribution >= 4 is 11.9 Å². The molecule has 2 aliphatic carbocycles. The van der Waals surface area contributed by atoms with Gasteiger partial charge in [-0.3, -0.25) is 0 Å². The zero-order valence-corrected chi connectivity index (χ0v) is 14.9. The molecule has 0 aromatic heterocycles. The van der Waals surface area contributed by atoms with Crippen molar-refractivity contribution in [3.05, 3.63) is 34.6 Å². The molecule has 1 saturated heterocycles. The third kappa shape index (κ3) is 2.34. The molecule has 4 aliphatic rings. The van der Waals surface area contributed by atoms with E-state index in [0.29, 0.717) is 18.4 Å². The molecule has 0 bridgehead atoms. The van der Waals surface area contributed by atoms with Crippen LogP contribution in [0.1, 0.15) is 33.6 Å². The lowest BCUT2D eigenvalue weighted by Crippen LogP contribution is -2.38. The number of carbonyl (C=O) groups is 2. The lowest BCUT2D eigenvalue weighted by atomic mass is 9.70. The molecule has 0 aromatic rings. The molecule has 0 unspecified atom stereocenters. The first-order chi connectivity index (χ1) is 12.2. The van der Waals surface area contributed by atoms with Crippen molar-refractivity contribution in [1.82, 2.24) is 0 Å². The fourth-order valence-electron chi connectivity index (χ4n) is 4.42. The zero-order chi connectivity index (χ0) is 18.8. The van der Waals surface area contributed by atoms with E-state index in [9.17, 15) is 19.8 Å². The van der Waals surface area contributed by atoms with Gasteiger partial charge in [0.1, 0.15) is 6.10 Å². The van der Waals surface area contributed by atoms with Crippen molar-refractivity contribution in [2.75, 3.05) is 0 Å². The normalized spacial score (nSPS) is 39.5. The summed E-state index contributed by atoms with van der Waals surface area (Å²) in [6, 6.07) is 0. The van der Waals surface area contributed by atoms with Crippen LogP contribution in [0.15, 0.2) is 34.6 Å². The monoisotopic (exact) mass is 362 g/mol. The average Bonchev–Trinajstić information content (AvgIpc) is 3.15. The second-order valence-corrected chi connectivity index (χ2v) is 7.84. The van der Waals surface area contributed by atoms with Crippen molar-refractivity contribution in [1.29, 1.82) is 0 Å². The molecule has 0 aromatic carbocycles. The van der Waals surface area contributed by atoms with Crippen LogP contribution >= 0.6 is 0 Å². The minimum atomic E-state index is -0.888. The van der Waals surface area contributed by atoms with Crippen molar-refractivity contribution in [3.8, 4) is 0 Å². The summed E-state index contributed by atoms with van der Waals surface area (Å²) in [6.45, 7) is 5.42. The summed E-state index contributed by atoms with van der Waals surface area (Å²) >= 11 is 0. The van der Waals surface area contributed by atoms with Gasteiger partial charge in [-0.15, -0.1) is 0 Å². The summed E-state index contributed by atoms with van der Waals surface area (Å²) in [7, 11) is 0. The fourth-order valence-corrected chi connectivity index (χ4v) is 4.42. The highest BCUT2D eigenvalue weighted by molar-refractivity contribution is 5.93. The van der Waals surface area contributed by atoms with Gasteiger partial charge in [-0.1, -0.05) is 13.8 Å². The SMILES string of the molecule is CC1=C[C@H](O/C=C2/C(=O)O[C@H]3C4=C(CC[C@@H](O)C4(C)C)[C@H](O)[C@@H]23)OC1=O. The van der Waals surface area contributed by atoms with Gasteiger partial charge < -0.3 is 24.4 Å². The maximum absolute atomic E-state index is 12.3. The number of hydrogen-bond donors (Lipinski definition) is 2. The Bertz CT molecular complexity index is 773. The molecule has 26 heavy (non-hydrogen) atoms. The molecule has 2 N–H and O–H groups in total. The molecule has 140 valence electrons. The van der Waals surface area contributed by atoms with E-state index in [4.69, 9.17) is 14.2 Å². The molecule has 5 atom stereocenters. The summed E-state index contributed by atoms with van der Waals surface area (Å²) in [5.41, 5.74) is 1.74. The van der Waals surface area contributed by atoms with Crippen molar-refractivity contribution in [3.63, 3.8) is 0 Å². The Hall–Kier alpha value is -2.12. The van der Waals surface area contributed by atoms with Gasteiger partial charge in [-0.05, 0) is 30.9 Å². The first-order valence-corrected chi connectivity index (χ1v) is 8.77. The van der Waals surface area contributed by atoms with Crippen LogP contribution in [0.3, 0.4) is 0 Å². The van der Waals surface area contributed by atoms with Crippen LogP contribution in [0.25, 0.3) is 0 Å². The molecule has 0 radical (unpaired) electrons. The number of hydrogen-bond acceptors (Lipinski definition) is 7. The Morgan fingerprint density at radius 3 is 2.62 bits per heavy atom. The summed E-state index contributed by atoms with van der Waals surface area (Å²) in [5.74, 6) is -1.60. The van der Waals surface area contributed by atoms with Crippen LogP contribution in [0.4, 0.5) is 0 Å². The van der Waals surface area contributed by atoms with E-state index < -0.39 is 47.9 Å². The molecule has 7 nitrogen and oxygen atoms in total. The Kier molecular flexibility index (Phi) is 3.79. The average molecular weight is 362 g/mol. The Labute approximate surface area is 150 Å². The molecular formula is C19H22O7. The highest BCUT2D eigenvalue weighted by Gasteiger charge is 2.58. The number of aliphatic hydroxyl groups is 2. The van der Waals surface area contributed by atoms with E-state index in [1.54, 1.807) is 6.92 Å². The van der Waals surface area contributed by atoms with Crippen LogP contribution in [-0.2, 0) is 23.8 Å². The van der Waals surface area contributed by atoms with Gasteiger partial charge in [0.2, 0.25) is 0 Å². The zero-order valence-electron chi connectivity index (χ0n) is 14.9. The van der Waals surface area contributed by atoms with Gasteiger partial charge in [0.05, 0.1) is 30.0 Å². The first kappa shape index (κ1) is 17.3. The largest absolute Gasteiger partial charge is 0.458 e. The summed E-state index contributed by atoms with van der Waals surface area (Å²) in [5, 5.41) is 21.2. The third-order valence-corrected chi connectivity index (χ3v) is 5.96.